The zero-order chi connectivity index (χ0) is 14.4. The van der Waals surface area contributed by atoms with Crippen LogP contribution >= 0.6 is 0 Å². The summed E-state index contributed by atoms with van der Waals surface area (Å²) < 4.78 is 0. The van der Waals surface area contributed by atoms with Crippen LogP contribution in [0.4, 0.5) is 0 Å². The van der Waals surface area contributed by atoms with Crippen molar-refractivity contribution in [2.45, 2.75) is 32.6 Å². The van der Waals surface area contributed by atoms with Crippen LogP contribution in [0.25, 0.3) is 0 Å². The maximum Gasteiger partial charge on any atom is 0.323 e. The first-order valence-corrected chi connectivity index (χ1v) is 6.46. The zero-order valence-corrected chi connectivity index (χ0v) is 11.7. The Labute approximate surface area is 114 Å². The van der Waals surface area contributed by atoms with E-state index in [9.17, 15) is 9.59 Å². The highest BCUT2D eigenvalue weighted by molar-refractivity contribution is 5.81. The number of benzene rings is 1. The van der Waals surface area contributed by atoms with Gasteiger partial charge in [0.2, 0.25) is 5.91 Å². The fourth-order valence-electron chi connectivity index (χ4n) is 1.99. The number of likely N-dealkylation sites (N-methyl/N-ethyl adjacent to an activating group) is 1. The Morgan fingerprint density at radius 2 is 1.84 bits per heavy atom. The van der Waals surface area contributed by atoms with E-state index in [1.165, 1.54) is 17.5 Å². The van der Waals surface area contributed by atoms with Crippen LogP contribution in [0.5, 0.6) is 0 Å². The van der Waals surface area contributed by atoms with Crippen LogP contribution in [0.3, 0.4) is 0 Å². The van der Waals surface area contributed by atoms with Crippen molar-refractivity contribution in [1.82, 2.24) is 4.90 Å². The van der Waals surface area contributed by atoms with Gasteiger partial charge in [-0.1, -0.05) is 36.8 Å². The maximum absolute atomic E-state index is 12.0. The van der Waals surface area contributed by atoms with Crippen molar-refractivity contribution < 1.29 is 14.7 Å². The summed E-state index contributed by atoms with van der Waals surface area (Å²) in [4.78, 5) is 23.8. The summed E-state index contributed by atoms with van der Waals surface area (Å²) in [6.45, 7) is 3.81. The lowest BCUT2D eigenvalue weighted by molar-refractivity contribution is -0.143. The van der Waals surface area contributed by atoms with Gasteiger partial charge in [-0.2, -0.15) is 0 Å². The van der Waals surface area contributed by atoms with Crippen LogP contribution in [0.2, 0.25) is 0 Å². The summed E-state index contributed by atoms with van der Waals surface area (Å²) in [6, 6.07) is 8.13. The van der Waals surface area contributed by atoms with Gasteiger partial charge in [-0.3, -0.25) is 9.59 Å². The number of carboxylic acid groups (broad SMARTS) is 1. The minimum Gasteiger partial charge on any atom is -0.480 e. The van der Waals surface area contributed by atoms with Gasteiger partial charge in [-0.25, -0.2) is 0 Å². The van der Waals surface area contributed by atoms with Crippen LogP contribution in [-0.4, -0.2) is 35.5 Å². The van der Waals surface area contributed by atoms with E-state index in [-0.39, 0.29) is 18.4 Å². The topological polar surface area (TPSA) is 57.6 Å². The van der Waals surface area contributed by atoms with Gasteiger partial charge >= 0.3 is 5.97 Å². The predicted octanol–water partition coefficient (Wildman–Crippen LogP) is 2.42. The number of hydrogen-bond donors (Lipinski definition) is 1. The van der Waals surface area contributed by atoms with Crippen LogP contribution in [0.15, 0.2) is 24.3 Å². The van der Waals surface area contributed by atoms with Gasteiger partial charge in [0.05, 0.1) is 0 Å². The Bertz CT molecular complexity index is 439. The lowest BCUT2D eigenvalue weighted by atomic mass is 9.92. The second kappa shape index (κ2) is 6.92. The molecule has 1 rings (SSSR count). The molecule has 1 unspecified atom stereocenters. The number of hydrogen-bond acceptors (Lipinski definition) is 2. The third-order valence-electron chi connectivity index (χ3n) is 3.26. The fraction of sp³-hybridized carbons (Fsp3) is 0.467. The van der Waals surface area contributed by atoms with Crippen molar-refractivity contribution in [3.63, 3.8) is 0 Å². The van der Waals surface area contributed by atoms with Crippen LogP contribution in [0, 0.1) is 6.92 Å². The molecule has 1 N–H and O–H groups in total. The first-order valence-electron chi connectivity index (χ1n) is 6.46. The molecule has 0 fully saturated rings. The third kappa shape index (κ3) is 4.73. The molecule has 4 nitrogen and oxygen atoms in total. The molecule has 0 aromatic heterocycles. The van der Waals surface area contributed by atoms with Crippen LogP contribution in [0.1, 0.15) is 36.8 Å². The molecule has 4 heteroatoms. The summed E-state index contributed by atoms with van der Waals surface area (Å²) in [5.74, 6) is -0.974. The molecule has 0 heterocycles. The van der Waals surface area contributed by atoms with Gasteiger partial charge in [0, 0.05) is 13.5 Å². The molecule has 0 aliphatic heterocycles. The molecular formula is C15H21NO3. The highest BCUT2D eigenvalue weighted by atomic mass is 16.4. The van der Waals surface area contributed by atoms with Crippen LogP contribution in [-0.2, 0) is 9.59 Å². The molecule has 0 aliphatic carbocycles. The highest BCUT2D eigenvalue weighted by Gasteiger charge is 2.18. The van der Waals surface area contributed by atoms with Gasteiger partial charge in [-0.05, 0) is 24.8 Å². The largest absolute Gasteiger partial charge is 0.480 e. The average Bonchev–Trinajstić information content (AvgIpc) is 2.36. The molecule has 1 amide bonds. The molecule has 19 heavy (non-hydrogen) atoms. The first-order chi connectivity index (χ1) is 8.93. The minimum absolute atomic E-state index is 0.130. The van der Waals surface area contributed by atoms with E-state index in [0.29, 0.717) is 6.42 Å². The van der Waals surface area contributed by atoms with E-state index in [1.807, 2.05) is 38.1 Å². The molecule has 1 atom stereocenters. The number of aryl methyl sites for hydroxylation is 1. The molecule has 0 saturated carbocycles. The van der Waals surface area contributed by atoms with Gasteiger partial charge in [-0.15, -0.1) is 0 Å². The number of amides is 1. The van der Waals surface area contributed by atoms with E-state index >= 15 is 0 Å². The van der Waals surface area contributed by atoms with Crippen molar-refractivity contribution in [2.24, 2.45) is 0 Å². The molecule has 0 aliphatic rings. The number of nitrogens with zero attached hydrogens (tertiary/aromatic N) is 1. The van der Waals surface area contributed by atoms with E-state index in [1.54, 1.807) is 0 Å². The normalized spacial score (nSPS) is 11.9. The summed E-state index contributed by atoms with van der Waals surface area (Å²) in [6.07, 6.45) is 1.21. The third-order valence-corrected chi connectivity index (χ3v) is 3.26. The Balaban J connectivity index is 2.69. The van der Waals surface area contributed by atoms with E-state index in [4.69, 9.17) is 5.11 Å². The van der Waals surface area contributed by atoms with E-state index in [0.717, 1.165) is 12.0 Å². The smallest absolute Gasteiger partial charge is 0.323 e. The molecule has 1 aromatic carbocycles. The molecule has 0 radical (unpaired) electrons. The Kier molecular flexibility index (Phi) is 5.55. The summed E-state index contributed by atoms with van der Waals surface area (Å²) in [7, 11) is 1.53. The second-order valence-corrected chi connectivity index (χ2v) is 4.86. The summed E-state index contributed by atoms with van der Waals surface area (Å²) in [5, 5.41) is 8.68. The lowest BCUT2D eigenvalue weighted by Gasteiger charge is -2.20. The van der Waals surface area contributed by atoms with Crippen molar-refractivity contribution >= 4 is 11.9 Å². The number of rotatable bonds is 6. The monoisotopic (exact) mass is 263 g/mol. The zero-order valence-electron chi connectivity index (χ0n) is 11.7. The molecule has 1 aromatic rings. The van der Waals surface area contributed by atoms with Crippen LogP contribution < -0.4 is 0 Å². The average molecular weight is 263 g/mol. The Morgan fingerprint density at radius 3 is 2.32 bits per heavy atom. The number of carbonyl (C=O) groups is 2. The van der Waals surface area contributed by atoms with Crippen molar-refractivity contribution in [1.29, 1.82) is 0 Å². The standard InChI is InChI=1S/C15H21NO3/c1-4-12(13-7-5-11(2)6-8-13)9-14(17)16(3)10-15(18)19/h5-8,12H,4,9-10H2,1-3H3,(H,18,19). The number of aliphatic carboxylic acids is 1. The summed E-state index contributed by atoms with van der Waals surface area (Å²) >= 11 is 0. The van der Waals surface area contributed by atoms with Gasteiger partial charge in [0.1, 0.15) is 6.54 Å². The molecule has 0 bridgehead atoms. The quantitative estimate of drug-likeness (QED) is 0.857. The van der Waals surface area contributed by atoms with Crippen molar-refractivity contribution in [3.8, 4) is 0 Å². The van der Waals surface area contributed by atoms with E-state index < -0.39 is 5.97 Å². The fourth-order valence-corrected chi connectivity index (χ4v) is 1.99. The lowest BCUT2D eigenvalue weighted by Crippen LogP contribution is -2.32. The predicted molar refractivity (Wildman–Crippen MR) is 74.1 cm³/mol. The number of carbonyl (C=O) groups excluding carboxylic acids is 1. The summed E-state index contributed by atoms with van der Waals surface area (Å²) in [5.41, 5.74) is 2.32. The molecule has 0 saturated heterocycles. The Morgan fingerprint density at radius 1 is 1.26 bits per heavy atom. The second-order valence-electron chi connectivity index (χ2n) is 4.86. The van der Waals surface area contributed by atoms with Gasteiger partial charge < -0.3 is 10.0 Å². The van der Waals surface area contributed by atoms with Gasteiger partial charge in [0.15, 0.2) is 0 Å². The SMILES string of the molecule is CCC(CC(=O)N(C)CC(=O)O)c1ccc(C)cc1. The number of carboxylic acids is 1. The van der Waals surface area contributed by atoms with Gasteiger partial charge in [0.25, 0.3) is 0 Å². The Hall–Kier alpha value is -1.84. The highest BCUT2D eigenvalue weighted by Crippen LogP contribution is 2.24. The molecule has 104 valence electrons. The molecular weight excluding hydrogens is 242 g/mol. The maximum atomic E-state index is 12.0. The van der Waals surface area contributed by atoms with E-state index in [2.05, 4.69) is 0 Å². The van der Waals surface area contributed by atoms with Crippen molar-refractivity contribution in [3.05, 3.63) is 35.4 Å². The first kappa shape index (κ1) is 15.2. The van der Waals surface area contributed by atoms with Crippen molar-refractivity contribution in [2.75, 3.05) is 13.6 Å². The minimum atomic E-state index is -0.987. The molecule has 0 spiro atoms.